The summed E-state index contributed by atoms with van der Waals surface area (Å²) in [5.74, 6) is 0. The number of carbonyl (C=O) groups is 1. The number of carbonyl (C=O) groups excluding carboxylic acids is 1. The zero-order valence-corrected chi connectivity index (χ0v) is 10.1. The highest BCUT2D eigenvalue weighted by atomic mass is 19.1. The second-order valence-electron chi connectivity index (χ2n) is 4.42. The quantitative estimate of drug-likeness (QED) is 0.890. The maximum atomic E-state index is 13.2. The zero-order valence-electron chi connectivity index (χ0n) is 10.1. The van der Waals surface area contributed by atoms with E-state index in [0.29, 0.717) is 6.42 Å². The average molecular weight is 252 g/mol. The number of nitrogens with zero attached hydrogens (tertiary/aromatic N) is 1. The highest BCUT2D eigenvalue weighted by molar-refractivity contribution is 5.68. The van der Waals surface area contributed by atoms with Crippen LogP contribution in [0.2, 0.25) is 0 Å². The summed E-state index contributed by atoms with van der Waals surface area (Å²) in [4.78, 5) is 13.2. The van der Waals surface area contributed by atoms with Crippen LogP contribution in [-0.4, -0.2) is 36.3 Å². The fraction of sp³-hybridized carbons (Fsp3) is 0.462. The van der Waals surface area contributed by atoms with E-state index in [1.54, 1.807) is 0 Å². The summed E-state index contributed by atoms with van der Waals surface area (Å²) < 4.78 is 18.4. The molecule has 0 spiro atoms. The van der Waals surface area contributed by atoms with Crippen LogP contribution in [0.3, 0.4) is 0 Å². The Morgan fingerprint density at radius 2 is 2.17 bits per heavy atom. The summed E-state index contributed by atoms with van der Waals surface area (Å²) in [6.45, 7) is 0.542. The number of benzene rings is 1. The van der Waals surface area contributed by atoms with Crippen molar-refractivity contribution in [3.8, 4) is 0 Å². The van der Waals surface area contributed by atoms with Crippen molar-refractivity contribution in [3.63, 3.8) is 0 Å². The molecule has 1 aromatic rings. The van der Waals surface area contributed by atoms with Crippen molar-refractivity contribution in [2.45, 2.75) is 25.2 Å². The molecule has 2 rings (SSSR count). The minimum atomic E-state index is -0.997. The third kappa shape index (κ3) is 2.98. The normalized spacial score (nSPS) is 23.1. The zero-order chi connectivity index (χ0) is 13.0. The van der Waals surface area contributed by atoms with Gasteiger partial charge in [-0.05, 0) is 5.56 Å². The highest BCUT2D eigenvalue weighted by Gasteiger charge is 2.35. The molecule has 1 saturated heterocycles. The molecule has 0 bridgehead atoms. The number of hydrogen-bond acceptors (Lipinski definition) is 3. The van der Waals surface area contributed by atoms with Crippen LogP contribution in [0.25, 0.3) is 0 Å². The van der Waals surface area contributed by atoms with Crippen molar-refractivity contribution in [2.75, 3.05) is 13.1 Å². The van der Waals surface area contributed by atoms with Gasteiger partial charge in [-0.15, -0.1) is 0 Å². The summed E-state index contributed by atoms with van der Waals surface area (Å²) in [5, 5.41) is 0. The van der Waals surface area contributed by atoms with Gasteiger partial charge in [0.2, 0.25) is 0 Å². The molecule has 2 unspecified atom stereocenters. The van der Waals surface area contributed by atoms with Crippen molar-refractivity contribution < 1.29 is 13.9 Å². The molecule has 1 heterocycles. The van der Waals surface area contributed by atoms with Gasteiger partial charge in [0.05, 0.1) is 12.6 Å². The molecule has 0 radical (unpaired) electrons. The van der Waals surface area contributed by atoms with E-state index in [-0.39, 0.29) is 25.7 Å². The SMILES string of the molecule is NCC1CC(F)CN1C(=O)OCc1ccccc1. The molecule has 1 fully saturated rings. The van der Waals surface area contributed by atoms with Crippen LogP contribution in [0.4, 0.5) is 9.18 Å². The van der Waals surface area contributed by atoms with Crippen molar-refractivity contribution in [1.29, 1.82) is 0 Å². The average Bonchev–Trinajstić information content (AvgIpc) is 2.78. The Labute approximate surface area is 106 Å². The van der Waals surface area contributed by atoms with Gasteiger partial charge in [0.1, 0.15) is 12.8 Å². The van der Waals surface area contributed by atoms with Gasteiger partial charge in [-0.25, -0.2) is 9.18 Å². The molecule has 18 heavy (non-hydrogen) atoms. The van der Waals surface area contributed by atoms with Crippen molar-refractivity contribution in [2.24, 2.45) is 5.73 Å². The third-order valence-corrected chi connectivity index (χ3v) is 3.08. The standard InChI is InChI=1S/C13H17FN2O2/c14-11-6-12(7-15)16(8-11)13(17)18-9-10-4-2-1-3-5-10/h1-5,11-12H,6-9,15H2. The molecule has 1 aromatic carbocycles. The molecular formula is C13H17FN2O2. The van der Waals surface area contributed by atoms with E-state index in [2.05, 4.69) is 0 Å². The van der Waals surface area contributed by atoms with E-state index >= 15 is 0 Å². The number of alkyl halides is 1. The maximum absolute atomic E-state index is 13.2. The van der Waals surface area contributed by atoms with Gasteiger partial charge in [0.15, 0.2) is 0 Å². The van der Waals surface area contributed by atoms with Crippen LogP contribution in [0, 0.1) is 0 Å². The molecule has 0 saturated carbocycles. The van der Waals surface area contributed by atoms with Crippen molar-refractivity contribution >= 4 is 6.09 Å². The smallest absolute Gasteiger partial charge is 0.410 e. The molecular weight excluding hydrogens is 235 g/mol. The Kier molecular flexibility index (Phi) is 4.15. The summed E-state index contributed by atoms with van der Waals surface area (Å²) in [7, 11) is 0. The highest BCUT2D eigenvalue weighted by Crippen LogP contribution is 2.20. The van der Waals surface area contributed by atoms with E-state index in [0.717, 1.165) is 5.56 Å². The van der Waals surface area contributed by atoms with E-state index in [1.807, 2.05) is 30.3 Å². The number of nitrogens with two attached hydrogens (primary N) is 1. The maximum Gasteiger partial charge on any atom is 0.410 e. The predicted octanol–water partition coefficient (Wildman–Crippen LogP) is 1.69. The minimum Gasteiger partial charge on any atom is -0.445 e. The first-order valence-electron chi connectivity index (χ1n) is 6.02. The van der Waals surface area contributed by atoms with Crippen LogP contribution in [0.1, 0.15) is 12.0 Å². The third-order valence-electron chi connectivity index (χ3n) is 3.08. The van der Waals surface area contributed by atoms with Gasteiger partial charge in [0, 0.05) is 13.0 Å². The number of amides is 1. The summed E-state index contributed by atoms with van der Waals surface area (Å²) in [6.07, 6.45) is -1.19. The summed E-state index contributed by atoms with van der Waals surface area (Å²) >= 11 is 0. The lowest BCUT2D eigenvalue weighted by Crippen LogP contribution is -2.40. The van der Waals surface area contributed by atoms with Crippen LogP contribution in [-0.2, 0) is 11.3 Å². The van der Waals surface area contributed by atoms with Crippen LogP contribution in [0.15, 0.2) is 30.3 Å². The molecule has 1 aliphatic rings. The Bertz CT molecular complexity index is 399. The number of hydrogen-bond donors (Lipinski definition) is 1. The molecule has 98 valence electrons. The van der Waals surface area contributed by atoms with Crippen molar-refractivity contribution in [3.05, 3.63) is 35.9 Å². The Balaban J connectivity index is 1.88. The van der Waals surface area contributed by atoms with Gasteiger partial charge in [-0.2, -0.15) is 0 Å². The van der Waals surface area contributed by atoms with Crippen LogP contribution >= 0.6 is 0 Å². The fourth-order valence-electron chi connectivity index (χ4n) is 2.11. The largest absolute Gasteiger partial charge is 0.445 e. The second kappa shape index (κ2) is 5.82. The Morgan fingerprint density at radius 1 is 1.44 bits per heavy atom. The number of ether oxygens (including phenoxy) is 1. The first kappa shape index (κ1) is 12.8. The monoisotopic (exact) mass is 252 g/mol. The molecule has 0 aliphatic carbocycles. The minimum absolute atomic E-state index is 0.0789. The molecule has 5 heteroatoms. The molecule has 4 nitrogen and oxygen atoms in total. The number of likely N-dealkylation sites (tertiary alicyclic amines) is 1. The lowest BCUT2D eigenvalue weighted by Gasteiger charge is -2.22. The molecule has 1 amide bonds. The molecule has 1 aliphatic heterocycles. The number of rotatable bonds is 3. The lowest BCUT2D eigenvalue weighted by molar-refractivity contribution is 0.0916. The Morgan fingerprint density at radius 3 is 2.83 bits per heavy atom. The Hall–Kier alpha value is -1.62. The van der Waals surface area contributed by atoms with E-state index in [4.69, 9.17) is 10.5 Å². The summed E-state index contributed by atoms with van der Waals surface area (Å²) in [5.41, 5.74) is 6.42. The lowest BCUT2D eigenvalue weighted by atomic mass is 10.2. The first-order valence-corrected chi connectivity index (χ1v) is 6.02. The first-order chi connectivity index (χ1) is 8.70. The fourth-order valence-corrected chi connectivity index (χ4v) is 2.11. The topological polar surface area (TPSA) is 55.6 Å². The van der Waals surface area contributed by atoms with Gasteiger partial charge >= 0.3 is 6.09 Å². The van der Waals surface area contributed by atoms with E-state index < -0.39 is 12.3 Å². The van der Waals surface area contributed by atoms with Gasteiger partial charge in [-0.1, -0.05) is 30.3 Å². The van der Waals surface area contributed by atoms with E-state index in [9.17, 15) is 9.18 Å². The molecule has 2 atom stereocenters. The molecule has 0 aromatic heterocycles. The van der Waals surface area contributed by atoms with Gasteiger partial charge in [-0.3, -0.25) is 0 Å². The summed E-state index contributed by atoms with van der Waals surface area (Å²) in [6, 6.07) is 9.14. The van der Waals surface area contributed by atoms with Crippen LogP contribution in [0.5, 0.6) is 0 Å². The van der Waals surface area contributed by atoms with Gasteiger partial charge < -0.3 is 15.4 Å². The predicted molar refractivity (Wildman–Crippen MR) is 65.7 cm³/mol. The van der Waals surface area contributed by atoms with Crippen LogP contribution < -0.4 is 5.73 Å². The second-order valence-corrected chi connectivity index (χ2v) is 4.42. The van der Waals surface area contributed by atoms with E-state index in [1.165, 1.54) is 4.90 Å². The number of halogens is 1. The van der Waals surface area contributed by atoms with Gasteiger partial charge in [0.25, 0.3) is 0 Å². The van der Waals surface area contributed by atoms with Crippen molar-refractivity contribution in [1.82, 2.24) is 4.90 Å². The molecule has 2 N–H and O–H groups in total.